The van der Waals surface area contributed by atoms with Crippen molar-refractivity contribution in [3.63, 3.8) is 0 Å². The van der Waals surface area contributed by atoms with Crippen LogP contribution in [0, 0.1) is 12.7 Å². The molecule has 3 aromatic rings. The zero-order valence-electron chi connectivity index (χ0n) is 14.7. The van der Waals surface area contributed by atoms with Crippen molar-refractivity contribution in [2.45, 2.75) is 13.1 Å². The van der Waals surface area contributed by atoms with Crippen molar-refractivity contribution in [1.29, 1.82) is 0 Å². The Bertz CT molecular complexity index is 1200. The number of carbonyl (C=O) groups excluding carboxylic acids is 1. The second-order valence-corrected chi connectivity index (χ2v) is 6.35. The molecule has 1 aliphatic rings. The van der Waals surface area contributed by atoms with Crippen molar-refractivity contribution in [3.05, 3.63) is 57.8 Å². The lowest BCUT2D eigenvalue weighted by Crippen LogP contribution is -2.28. The monoisotopic (exact) mass is 408 g/mol. The highest BCUT2D eigenvalue weighted by Crippen LogP contribution is 2.34. The first-order valence-corrected chi connectivity index (χ1v) is 8.27. The van der Waals surface area contributed by atoms with Crippen LogP contribution in [0.5, 0.6) is 5.88 Å². The number of fused-ring (bicyclic) bond motifs is 1. The van der Waals surface area contributed by atoms with Gasteiger partial charge in [-0.2, -0.15) is 18.3 Å². The van der Waals surface area contributed by atoms with Gasteiger partial charge >= 0.3 is 6.18 Å². The molecule has 0 unspecified atom stereocenters. The number of aromatic nitrogens is 3. The van der Waals surface area contributed by atoms with E-state index in [0.29, 0.717) is 11.6 Å². The Labute approximate surface area is 159 Å². The van der Waals surface area contributed by atoms with Crippen LogP contribution in [-0.4, -0.2) is 27.3 Å². The molecule has 11 heteroatoms. The summed E-state index contributed by atoms with van der Waals surface area (Å²) in [6.45, 7) is 1.20. The van der Waals surface area contributed by atoms with E-state index in [9.17, 15) is 27.2 Å². The predicted octanol–water partition coefficient (Wildman–Crippen LogP) is 3.02. The quantitative estimate of drug-likeness (QED) is 0.638. The number of hydrogen-bond donors (Lipinski definition) is 2. The van der Waals surface area contributed by atoms with Crippen molar-refractivity contribution in [2.24, 2.45) is 0 Å². The number of halogens is 4. The zero-order valence-corrected chi connectivity index (χ0v) is 14.7. The van der Waals surface area contributed by atoms with E-state index in [-0.39, 0.29) is 35.1 Å². The largest absolute Gasteiger partial charge is 0.467 e. The SMILES string of the molecule is Cc1cc(F)ccc1-n1nc(C(F)(F)F)cc1-c1cc2c([nH]c1=O)OCC(=O)N2. The highest BCUT2D eigenvalue weighted by atomic mass is 19.4. The van der Waals surface area contributed by atoms with Gasteiger partial charge in [-0.1, -0.05) is 0 Å². The standard InChI is InChI=1S/C18H12F4N4O3/c1-8-4-9(19)2-3-12(8)26-13(6-14(25-26)18(20,21)22)10-5-11-17(24-16(10)28)29-7-15(27)23-11/h2-6H,7H2,1H3,(H,23,27)(H,24,28). The van der Waals surface area contributed by atoms with Crippen molar-refractivity contribution in [2.75, 3.05) is 11.9 Å². The van der Waals surface area contributed by atoms with Gasteiger partial charge in [0.2, 0.25) is 5.88 Å². The molecule has 1 aliphatic heterocycles. The Morgan fingerprint density at radius 2 is 1.93 bits per heavy atom. The van der Waals surface area contributed by atoms with Crippen LogP contribution in [0.15, 0.2) is 35.1 Å². The van der Waals surface area contributed by atoms with Gasteiger partial charge in [-0.3, -0.25) is 14.6 Å². The van der Waals surface area contributed by atoms with Gasteiger partial charge in [0.05, 0.1) is 16.9 Å². The topological polar surface area (TPSA) is 89.0 Å². The molecule has 150 valence electrons. The van der Waals surface area contributed by atoms with E-state index >= 15 is 0 Å². The predicted molar refractivity (Wildman–Crippen MR) is 93.4 cm³/mol. The first kappa shape index (κ1) is 18.7. The summed E-state index contributed by atoms with van der Waals surface area (Å²) in [5.41, 5.74) is -1.75. The number of aryl methyl sites for hydroxylation is 1. The molecule has 0 spiro atoms. The number of hydrogen-bond acceptors (Lipinski definition) is 4. The molecule has 7 nitrogen and oxygen atoms in total. The van der Waals surface area contributed by atoms with Crippen LogP contribution >= 0.6 is 0 Å². The lowest BCUT2D eigenvalue weighted by Gasteiger charge is -2.18. The second kappa shape index (κ2) is 6.47. The summed E-state index contributed by atoms with van der Waals surface area (Å²) in [5, 5.41) is 6.06. The third-order valence-electron chi connectivity index (χ3n) is 4.29. The second-order valence-electron chi connectivity index (χ2n) is 6.35. The van der Waals surface area contributed by atoms with Gasteiger partial charge in [-0.25, -0.2) is 9.07 Å². The van der Waals surface area contributed by atoms with Crippen LogP contribution < -0.4 is 15.6 Å². The first-order valence-electron chi connectivity index (χ1n) is 8.27. The molecule has 3 heterocycles. The molecule has 2 N–H and O–H groups in total. The van der Waals surface area contributed by atoms with E-state index in [4.69, 9.17) is 4.74 Å². The van der Waals surface area contributed by atoms with Gasteiger partial charge in [0.15, 0.2) is 12.3 Å². The molecule has 2 aromatic heterocycles. The summed E-state index contributed by atoms with van der Waals surface area (Å²) in [5.74, 6) is -1.05. The smallest absolute Gasteiger partial charge is 0.435 e. The molecule has 29 heavy (non-hydrogen) atoms. The normalized spacial score (nSPS) is 13.6. The number of alkyl halides is 3. The summed E-state index contributed by atoms with van der Waals surface area (Å²) < 4.78 is 59.4. The van der Waals surface area contributed by atoms with Crippen LogP contribution in [0.3, 0.4) is 0 Å². The number of ether oxygens (including phenoxy) is 1. The Balaban J connectivity index is 1.96. The maximum absolute atomic E-state index is 13.5. The summed E-state index contributed by atoms with van der Waals surface area (Å²) in [6, 6.07) is 5.40. The minimum atomic E-state index is -4.77. The van der Waals surface area contributed by atoms with Gasteiger partial charge in [0, 0.05) is 0 Å². The Morgan fingerprint density at radius 3 is 2.62 bits per heavy atom. The molecular formula is C18H12F4N4O3. The van der Waals surface area contributed by atoms with Gasteiger partial charge < -0.3 is 10.1 Å². The molecule has 0 saturated carbocycles. The molecule has 4 rings (SSSR count). The number of benzene rings is 1. The van der Waals surface area contributed by atoms with E-state index in [1.165, 1.54) is 19.1 Å². The number of nitrogens with zero attached hydrogens (tertiary/aromatic N) is 2. The number of rotatable bonds is 2. The fourth-order valence-electron chi connectivity index (χ4n) is 2.99. The maximum Gasteiger partial charge on any atom is 0.435 e. The Hall–Kier alpha value is -3.63. The van der Waals surface area contributed by atoms with E-state index in [2.05, 4.69) is 15.4 Å². The molecule has 0 fully saturated rings. The van der Waals surface area contributed by atoms with Gasteiger partial charge in [0.1, 0.15) is 11.5 Å². The molecule has 0 radical (unpaired) electrons. The summed E-state index contributed by atoms with van der Waals surface area (Å²) >= 11 is 0. The molecular weight excluding hydrogens is 396 g/mol. The Morgan fingerprint density at radius 1 is 1.17 bits per heavy atom. The number of amides is 1. The average Bonchev–Trinajstić information content (AvgIpc) is 3.06. The van der Waals surface area contributed by atoms with Gasteiger partial charge in [-0.05, 0) is 42.8 Å². The molecule has 0 aliphatic carbocycles. The minimum absolute atomic E-state index is 0.00146. The first-order chi connectivity index (χ1) is 13.6. The number of pyridine rings is 1. The summed E-state index contributed by atoms with van der Waals surface area (Å²) in [4.78, 5) is 26.4. The zero-order chi connectivity index (χ0) is 20.9. The molecule has 1 aromatic carbocycles. The highest BCUT2D eigenvalue weighted by molar-refractivity contribution is 5.95. The number of H-pyrrole nitrogens is 1. The molecule has 0 bridgehead atoms. The average molecular weight is 408 g/mol. The van der Waals surface area contributed by atoms with Crippen molar-refractivity contribution < 1.29 is 27.1 Å². The van der Waals surface area contributed by atoms with Crippen molar-refractivity contribution >= 4 is 11.6 Å². The minimum Gasteiger partial charge on any atom is -0.467 e. The van der Waals surface area contributed by atoms with Crippen LogP contribution in [0.1, 0.15) is 11.3 Å². The lowest BCUT2D eigenvalue weighted by molar-refractivity contribution is -0.141. The van der Waals surface area contributed by atoms with Gasteiger partial charge in [0.25, 0.3) is 11.5 Å². The van der Waals surface area contributed by atoms with Gasteiger partial charge in [-0.15, -0.1) is 0 Å². The number of aromatic amines is 1. The fourth-order valence-corrected chi connectivity index (χ4v) is 2.99. The van der Waals surface area contributed by atoms with E-state index in [0.717, 1.165) is 16.8 Å². The fraction of sp³-hybridized carbons (Fsp3) is 0.167. The van der Waals surface area contributed by atoms with E-state index < -0.39 is 29.2 Å². The molecule has 0 atom stereocenters. The van der Waals surface area contributed by atoms with E-state index in [1.807, 2.05) is 0 Å². The molecule has 1 amide bonds. The Kier molecular flexibility index (Phi) is 4.17. The lowest BCUT2D eigenvalue weighted by atomic mass is 10.1. The summed E-state index contributed by atoms with van der Waals surface area (Å²) in [6.07, 6.45) is -4.77. The van der Waals surface area contributed by atoms with Crippen LogP contribution in [-0.2, 0) is 11.0 Å². The molecule has 0 saturated heterocycles. The number of nitrogens with one attached hydrogen (secondary N) is 2. The van der Waals surface area contributed by atoms with Crippen molar-refractivity contribution in [3.8, 4) is 22.8 Å². The third-order valence-corrected chi connectivity index (χ3v) is 4.29. The highest BCUT2D eigenvalue weighted by Gasteiger charge is 2.36. The number of carbonyl (C=O) groups is 1. The van der Waals surface area contributed by atoms with Crippen molar-refractivity contribution in [1.82, 2.24) is 14.8 Å². The van der Waals surface area contributed by atoms with Crippen LogP contribution in [0.2, 0.25) is 0 Å². The van der Waals surface area contributed by atoms with E-state index in [1.54, 1.807) is 0 Å². The van der Waals surface area contributed by atoms with Crippen LogP contribution in [0.4, 0.5) is 23.2 Å². The maximum atomic E-state index is 13.5. The number of anilines is 1. The van der Waals surface area contributed by atoms with Crippen LogP contribution in [0.25, 0.3) is 16.9 Å². The summed E-state index contributed by atoms with van der Waals surface area (Å²) in [7, 11) is 0. The third kappa shape index (κ3) is 3.35.